The fraction of sp³-hybridized carbons (Fsp3) is 0.500. The number of nitrogens with zero attached hydrogens (tertiary/aromatic N) is 3. The molecule has 0 saturated carbocycles. The van der Waals surface area contributed by atoms with Crippen molar-refractivity contribution in [2.45, 2.75) is 39.0 Å². The van der Waals surface area contributed by atoms with Crippen LogP contribution in [0.5, 0.6) is 0 Å². The summed E-state index contributed by atoms with van der Waals surface area (Å²) >= 11 is 0. The van der Waals surface area contributed by atoms with Crippen molar-refractivity contribution in [3.63, 3.8) is 0 Å². The number of benzene rings is 1. The molecular formula is C18H24N4O2. The topological polar surface area (TPSA) is 71.1 Å². The average molecular weight is 328 g/mol. The van der Waals surface area contributed by atoms with Gasteiger partial charge in [-0.2, -0.15) is 5.10 Å². The summed E-state index contributed by atoms with van der Waals surface area (Å²) in [6, 6.07) is 7.93. The van der Waals surface area contributed by atoms with Gasteiger partial charge in [-0.3, -0.25) is 9.89 Å². The highest BCUT2D eigenvalue weighted by Crippen LogP contribution is 2.24. The molecule has 0 unspecified atom stereocenters. The summed E-state index contributed by atoms with van der Waals surface area (Å²) in [5.74, 6) is 1.80. The third-order valence-electron chi connectivity index (χ3n) is 4.48. The van der Waals surface area contributed by atoms with Crippen LogP contribution >= 0.6 is 0 Å². The second-order valence-electron chi connectivity index (χ2n) is 6.13. The molecular weight excluding hydrogens is 304 g/mol. The van der Waals surface area contributed by atoms with E-state index in [4.69, 9.17) is 4.74 Å². The molecule has 24 heavy (non-hydrogen) atoms. The van der Waals surface area contributed by atoms with Crippen LogP contribution in [0.25, 0.3) is 0 Å². The van der Waals surface area contributed by atoms with Crippen LogP contribution in [0.2, 0.25) is 0 Å². The highest BCUT2D eigenvalue weighted by Gasteiger charge is 2.22. The summed E-state index contributed by atoms with van der Waals surface area (Å²) in [7, 11) is 0. The first-order valence-electron chi connectivity index (χ1n) is 8.54. The molecule has 0 spiro atoms. The molecule has 128 valence electrons. The van der Waals surface area contributed by atoms with Gasteiger partial charge in [0.1, 0.15) is 5.82 Å². The number of nitrogens with one attached hydrogen (secondary N) is 1. The van der Waals surface area contributed by atoms with Crippen LogP contribution in [-0.2, 0) is 16.0 Å². The molecule has 1 saturated heterocycles. The number of para-hydroxylation sites is 1. The Bertz CT molecular complexity index is 692. The molecule has 1 N–H and O–H groups in total. The predicted molar refractivity (Wildman–Crippen MR) is 92.1 cm³/mol. The van der Waals surface area contributed by atoms with E-state index in [1.165, 1.54) is 0 Å². The van der Waals surface area contributed by atoms with Gasteiger partial charge in [-0.05, 0) is 38.3 Å². The number of hydrogen-bond acceptors (Lipinski definition) is 4. The fourth-order valence-electron chi connectivity index (χ4n) is 3.11. The molecule has 1 fully saturated rings. The number of aromatic amines is 1. The number of ether oxygens (including phenoxy) is 1. The van der Waals surface area contributed by atoms with Crippen molar-refractivity contribution >= 4 is 11.6 Å². The van der Waals surface area contributed by atoms with Crippen molar-refractivity contribution in [3.8, 4) is 0 Å². The van der Waals surface area contributed by atoms with Crippen LogP contribution in [-0.4, -0.2) is 40.8 Å². The molecule has 2 aromatic rings. The van der Waals surface area contributed by atoms with E-state index in [1.54, 1.807) is 4.90 Å². The zero-order chi connectivity index (χ0) is 16.9. The predicted octanol–water partition coefficient (Wildman–Crippen LogP) is 2.60. The number of H-pyrrole nitrogens is 1. The van der Waals surface area contributed by atoms with E-state index in [1.807, 2.05) is 38.1 Å². The van der Waals surface area contributed by atoms with E-state index in [0.717, 1.165) is 43.1 Å². The largest absolute Gasteiger partial charge is 0.381 e. The van der Waals surface area contributed by atoms with Gasteiger partial charge in [0.25, 0.3) is 0 Å². The molecule has 0 aliphatic carbocycles. The van der Waals surface area contributed by atoms with Crippen molar-refractivity contribution in [2.24, 2.45) is 0 Å². The normalized spacial score (nSPS) is 15.4. The van der Waals surface area contributed by atoms with Gasteiger partial charge in [0.05, 0.1) is 6.42 Å². The van der Waals surface area contributed by atoms with E-state index < -0.39 is 0 Å². The molecule has 1 aliphatic heterocycles. The van der Waals surface area contributed by atoms with Gasteiger partial charge in [-0.1, -0.05) is 18.2 Å². The van der Waals surface area contributed by atoms with Gasteiger partial charge in [0.2, 0.25) is 5.91 Å². The van der Waals surface area contributed by atoms with E-state index in [-0.39, 0.29) is 12.3 Å². The lowest BCUT2D eigenvalue weighted by atomic mass is 10.00. The Morgan fingerprint density at radius 1 is 1.33 bits per heavy atom. The average Bonchev–Trinajstić information content (AvgIpc) is 3.06. The zero-order valence-corrected chi connectivity index (χ0v) is 14.3. The molecule has 1 amide bonds. The lowest BCUT2D eigenvalue weighted by Gasteiger charge is -2.22. The molecule has 6 heteroatoms. The molecule has 1 aliphatic rings. The maximum absolute atomic E-state index is 12.7. The van der Waals surface area contributed by atoms with Crippen LogP contribution < -0.4 is 4.90 Å². The Morgan fingerprint density at radius 2 is 2.08 bits per heavy atom. The number of aromatic nitrogens is 3. The Hall–Kier alpha value is -2.21. The first-order valence-corrected chi connectivity index (χ1v) is 8.54. The molecule has 1 aromatic heterocycles. The van der Waals surface area contributed by atoms with Crippen LogP contribution in [0.15, 0.2) is 24.3 Å². The number of amides is 1. The molecule has 1 aromatic carbocycles. The molecule has 6 nitrogen and oxygen atoms in total. The molecule has 0 atom stereocenters. The van der Waals surface area contributed by atoms with Crippen LogP contribution in [0.4, 0.5) is 5.69 Å². The highest BCUT2D eigenvalue weighted by atomic mass is 16.5. The number of aryl methyl sites for hydroxylation is 1. The summed E-state index contributed by atoms with van der Waals surface area (Å²) in [6.45, 7) is 6.14. The smallest absolute Gasteiger partial charge is 0.234 e. The number of carbonyl (C=O) groups is 1. The zero-order valence-electron chi connectivity index (χ0n) is 14.3. The van der Waals surface area contributed by atoms with Gasteiger partial charge in [-0.25, -0.2) is 4.98 Å². The standard InChI is InChI=1S/C18H24N4O2/c1-3-22(15-7-5-4-6-13(15)2)17(23)12-16-19-18(21-20-16)14-8-10-24-11-9-14/h4-7,14H,3,8-12H2,1-2H3,(H,19,20,21). The number of hydrogen-bond donors (Lipinski definition) is 1. The highest BCUT2D eigenvalue weighted by molar-refractivity contribution is 5.95. The van der Waals surface area contributed by atoms with Gasteiger partial charge in [0, 0.05) is 31.4 Å². The minimum atomic E-state index is 0.0291. The van der Waals surface area contributed by atoms with Gasteiger partial charge in [0.15, 0.2) is 5.82 Å². The summed E-state index contributed by atoms with van der Waals surface area (Å²) in [5.41, 5.74) is 2.04. The third kappa shape index (κ3) is 3.64. The summed E-state index contributed by atoms with van der Waals surface area (Å²) in [6.07, 6.45) is 2.11. The van der Waals surface area contributed by atoms with Crippen LogP contribution in [0.1, 0.15) is 42.9 Å². The van der Waals surface area contributed by atoms with E-state index in [9.17, 15) is 4.79 Å². The number of rotatable bonds is 5. The van der Waals surface area contributed by atoms with E-state index in [0.29, 0.717) is 18.3 Å². The SMILES string of the molecule is CCN(C(=O)Cc1nc(C2CCOCC2)n[nH]1)c1ccccc1C. The van der Waals surface area contributed by atoms with Crippen LogP contribution in [0, 0.1) is 6.92 Å². The van der Waals surface area contributed by atoms with E-state index >= 15 is 0 Å². The Kier molecular flexibility index (Phi) is 5.25. The van der Waals surface area contributed by atoms with Gasteiger partial charge < -0.3 is 9.64 Å². The molecule has 0 bridgehead atoms. The van der Waals surface area contributed by atoms with Gasteiger partial charge >= 0.3 is 0 Å². The maximum atomic E-state index is 12.7. The van der Waals surface area contributed by atoms with Crippen LogP contribution in [0.3, 0.4) is 0 Å². The van der Waals surface area contributed by atoms with Gasteiger partial charge in [-0.15, -0.1) is 0 Å². The Morgan fingerprint density at radius 3 is 2.79 bits per heavy atom. The molecule has 0 radical (unpaired) electrons. The first kappa shape index (κ1) is 16.6. The monoisotopic (exact) mass is 328 g/mol. The Balaban J connectivity index is 1.69. The third-order valence-corrected chi connectivity index (χ3v) is 4.48. The number of anilines is 1. The van der Waals surface area contributed by atoms with Crippen molar-refractivity contribution in [1.82, 2.24) is 15.2 Å². The molecule has 3 rings (SSSR count). The van der Waals surface area contributed by atoms with Crippen molar-refractivity contribution in [2.75, 3.05) is 24.7 Å². The van der Waals surface area contributed by atoms with Crippen molar-refractivity contribution < 1.29 is 9.53 Å². The van der Waals surface area contributed by atoms with E-state index in [2.05, 4.69) is 15.2 Å². The summed E-state index contributed by atoms with van der Waals surface area (Å²) in [5, 5.41) is 7.24. The lowest BCUT2D eigenvalue weighted by molar-refractivity contribution is -0.118. The summed E-state index contributed by atoms with van der Waals surface area (Å²) < 4.78 is 5.37. The Labute approximate surface area is 142 Å². The fourth-order valence-corrected chi connectivity index (χ4v) is 3.11. The second kappa shape index (κ2) is 7.57. The maximum Gasteiger partial charge on any atom is 0.234 e. The quantitative estimate of drug-likeness (QED) is 0.916. The minimum Gasteiger partial charge on any atom is -0.381 e. The number of likely N-dealkylation sites (N-methyl/N-ethyl adjacent to an activating group) is 1. The van der Waals surface area contributed by atoms with Crippen molar-refractivity contribution in [3.05, 3.63) is 41.5 Å². The first-order chi connectivity index (χ1) is 11.7. The minimum absolute atomic E-state index is 0.0291. The number of carbonyl (C=O) groups excluding carboxylic acids is 1. The lowest BCUT2D eigenvalue weighted by Crippen LogP contribution is -2.32. The molecule has 2 heterocycles. The summed E-state index contributed by atoms with van der Waals surface area (Å²) in [4.78, 5) is 19.0. The van der Waals surface area contributed by atoms with Crippen molar-refractivity contribution in [1.29, 1.82) is 0 Å². The second-order valence-corrected chi connectivity index (χ2v) is 6.13.